The second-order valence-corrected chi connectivity index (χ2v) is 5.81. The lowest BCUT2D eigenvalue weighted by Gasteiger charge is -2.03. The Morgan fingerprint density at radius 2 is 2.00 bits per heavy atom. The van der Waals surface area contributed by atoms with Crippen molar-refractivity contribution in [2.45, 2.75) is 13.8 Å². The molecule has 1 amide bonds. The van der Waals surface area contributed by atoms with Crippen LogP contribution in [0.3, 0.4) is 0 Å². The zero-order chi connectivity index (χ0) is 19.2. The van der Waals surface area contributed by atoms with Crippen LogP contribution < -0.4 is 10.2 Å². The molecule has 3 N–H and O–H groups in total. The molecule has 0 saturated carbocycles. The summed E-state index contributed by atoms with van der Waals surface area (Å²) in [6, 6.07) is 15.7. The molecule has 3 aromatic rings. The number of phenols is 1. The molecule has 0 aliphatic heterocycles. The lowest BCUT2D eigenvalue weighted by molar-refractivity contribution is 0.0950. The molecule has 0 radical (unpaired) electrons. The van der Waals surface area contributed by atoms with E-state index in [0.29, 0.717) is 23.7 Å². The Kier molecular flexibility index (Phi) is 5.51. The van der Waals surface area contributed by atoms with Crippen LogP contribution >= 0.6 is 0 Å². The van der Waals surface area contributed by atoms with E-state index >= 15 is 0 Å². The van der Waals surface area contributed by atoms with Crippen molar-refractivity contribution in [3.8, 4) is 22.8 Å². The van der Waals surface area contributed by atoms with Crippen molar-refractivity contribution in [3.05, 3.63) is 65.9 Å². The van der Waals surface area contributed by atoms with Gasteiger partial charge in [0.2, 0.25) is 0 Å². The minimum atomic E-state index is -0.396. The van der Waals surface area contributed by atoms with Gasteiger partial charge in [-0.3, -0.25) is 9.89 Å². The first-order valence-corrected chi connectivity index (χ1v) is 8.49. The van der Waals surface area contributed by atoms with Gasteiger partial charge >= 0.3 is 0 Å². The summed E-state index contributed by atoms with van der Waals surface area (Å²) in [6.07, 6.45) is 0. The molecule has 0 saturated heterocycles. The zero-order valence-corrected chi connectivity index (χ0v) is 15.1. The van der Waals surface area contributed by atoms with E-state index < -0.39 is 5.91 Å². The van der Waals surface area contributed by atoms with Crippen molar-refractivity contribution < 1.29 is 14.6 Å². The largest absolute Gasteiger partial charge is 0.508 e. The summed E-state index contributed by atoms with van der Waals surface area (Å²) in [5, 5.41) is 20.3. The van der Waals surface area contributed by atoms with Crippen molar-refractivity contribution in [1.29, 1.82) is 0 Å². The molecule has 3 rings (SSSR count). The summed E-state index contributed by atoms with van der Waals surface area (Å²) < 4.78 is 5.49. The van der Waals surface area contributed by atoms with Gasteiger partial charge in [-0.25, -0.2) is 5.43 Å². The number of H-pyrrole nitrogens is 1. The molecule has 0 fully saturated rings. The van der Waals surface area contributed by atoms with Crippen molar-refractivity contribution in [3.63, 3.8) is 0 Å². The molecule has 0 atom stereocenters. The third kappa shape index (κ3) is 4.52. The van der Waals surface area contributed by atoms with Gasteiger partial charge in [-0.2, -0.15) is 10.2 Å². The Morgan fingerprint density at radius 3 is 2.74 bits per heavy atom. The number of aromatic nitrogens is 2. The molecule has 1 aromatic heterocycles. The minimum Gasteiger partial charge on any atom is -0.508 e. The zero-order valence-electron chi connectivity index (χ0n) is 15.1. The predicted molar refractivity (Wildman–Crippen MR) is 103 cm³/mol. The van der Waals surface area contributed by atoms with Gasteiger partial charge in [0, 0.05) is 5.56 Å². The molecule has 0 unspecified atom stereocenters. The van der Waals surface area contributed by atoms with E-state index in [1.165, 1.54) is 0 Å². The fraction of sp³-hybridized carbons (Fsp3) is 0.150. The highest BCUT2D eigenvalue weighted by molar-refractivity contribution is 6.00. The second kappa shape index (κ2) is 8.18. The molecule has 0 spiro atoms. The number of aromatic amines is 1. The summed E-state index contributed by atoms with van der Waals surface area (Å²) in [7, 11) is 0. The number of hydrazone groups is 1. The topological polar surface area (TPSA) is 99.6 Å². The molecule has 0 aliphatic rings. The number of hydrogen-bond acceptors (Lipinski definition) is 5. The van der Waals surface area contributed by atoms with Gasteiger partial charge < -0.3 is 9.84 Å². The number of aromatic hydroxyl groups is 1. The normalized spacial score (nSPS) is 11.3. The first kappa shape index (κ1) is 18.2. The number of rotatable bonds is 6. The van der Waals surface area contributed by atoms with Crippen LogP contribution in [0.1, 0.15) is 29.9 Å². The highest BCUT2D eigenvalue weighted by atomic mass is 16.5. The standard InChI is InChI=1S/C20H20N4O3/c1-3-27-17-6-4-5-15(11-17)18-12-19(23-22-18)20(26)24-21-13(2)14-7-9-16(25)10-8-14/h4-12,25H,3H2,1-2H3,(H,22,23)(H,24,26)/b21-13+. The van der Waals surface area contributed by atoms with Crippen LogP contribution in [0.5, 0.6) is 11.5 Å². The molecule has 1 heterocycles. The van der Waals surface area contributed by atoms with Crippen molar-refractivity contribution in [2.75, 3.05) is 6.61 Å². The number of phenolic OH excluding ortho intramolecular Hbond substituents is 1. The summed E-state index contributed by atoms with van der Waals surface area (Å²) in [5.41, 5.74) is 5.70. The molecular formula is C20H20N4O3. The van der Waals surface area contributed by atoms with E-state index in [4.69, 9.17) is 4.74 Å². The molecule has 138 valence electrons. The maximum absolute atomic E-state index is 12.3. The number of amides is 1. The van der Waals surface area contributed by atoms with Crippen LogP contribution in [0.15, 0.2) is 59.7 Å². The molecule has 2 aromatic carbocycles. The van der Waals surface area contributed by atoms with Crippen LogP contribution in [0.2, 0.25) is 0 Å². The Labute approximate surface area is 156 Å². The van der Waals surface area contributed by atoms with E-state index in [0.717, 1.165) is 16.9 Å². The van der Waals surface area contributed by atoms with Crippen molar-refractivity contribution in [1.82, 2.24) is 15.6 Å². The lowest BCUT2D eigenvalue weighted by atomic mass is 10.1. The van der Waals surface area contributed by atoms with E-state index in [1.807, 2.05) is 31.2 Å². The monoisotopic (exact) mass is 364 g/mol. The Hall–Kier alpha value is -3.61. The van der Waals surface area contributed by atoms with E-state index in [2.05, 4.69) is 20.7 Å². The number of nitrogens with one attached hydrogen (secondary N) is 2. The van der Waals surface area contributed by atoms with Crippen LogP contribution in [-0.4, -0.2) is 33.5 Å². The van der Waals surface area contributed by atoms with Gasteiger partial charge in [0.25, 0.3) is 5.91 Å². The van der Waals surface area contributed by atoms with Gasteiger partial charge in [-0.1, -0.05) is 12.1 Å². The molecular weight excluding hydrogens is 344 g/mol. The first-order valence-electron chi connectivity index (χ1n) is 8.49. The Balaban J connectivity index is 1.70. The average molecular weight is 364 g/mol. The highest BCUT2D eigenvalue weighted by Crippen LogP contribution is 2.22. The Bertz CT molecular complexity index is 961. The van der Waals surface area contributed by atoms with Crippen LogP contribution in [0.25, 0.3) is 11.3 Å². The molecule has 7 heteroatoms. The molecule has 27 heavy (non-hydrogen) atoms. The SMILES string of the molecule is CCOc1cccc(-c2cc(C(=O)N/N=C(\C)c3ccc(O)cc3)[nH]n2)c1. The molecule has 7 nitrogen and oxygen atoms in total. The third-order valence-electron chi connectivity index (χ3n) is 3.87. The average Bonchev–Trinajstić information content (AvgIpc) is 3.17. The smallest absolute Gasteiger partial charge is 0.289 e. The van der Waals surface area contributed by atoms with Gasteiger partial charge in [0.1, 0.15) is 17.2 Å². The summed E-state index contributed by atoms with van der Waals surface area (Å²) in [6.45, 7) is 4.27. The van der Waals surface area contributed by atoms with Crippen LogP contribution in [-0.2, 0) is 0 Å². The summed E-state index contributed by atoms with van der Waals surface area (Å²) in [5.74, 6) is 0.528. The quantitative estimate of drug-likeness (QED) is 0.461. The first-order chi connectivity index (χ1) is 13.1. The van der Waals surface area contributed by atoms with Gasteiger partial charge in [-0.05, 0) is 61.9 Å². The number of benzene rings is 2. The number of carbonyl (C=O) groups is 1. The number of ether oxygens (including phenoxy) is 1. The van der Waals surface area contributed by atoms with Crippen LogP contribution in [0.4, 0.5) is 0 Å². The number of hydrogen-bond donors (Lipinski definition) is 3. The fourth-order valence-corrected chi connectivity index (χ4v) is 2.46. The molecule has 0 aliphatic carbocycles. The Morgan fingerprint density at radius 1 is 1.22 bits per heavy atom. The van der Waals surface area contributed by atoms with Crippen LogP contribution in [0, 0.1) is 0 Å². The van der Waals surface area contributed by atoms with E-state index in [9.17, 15) is 9.90 Å². The lowest BCUT2D eigenvalue weighted by Crippen LogP contribution is -2.19. The third-order valence-corrected chi connectivity index (χ3v) is 3.87. The minimum absolute atomic E-state index is 0.175. The number of nitrogens with zero attached hydrogens (tertiary/aromatic N) is 2. The van der Waals surface area contributed by atoms with E-state index in [1.54, 1.807) is 37.3 Å². The second-order valence-electron chi connectivity index (χ2n) is 5.81. The van der Waals surface area contributed by atoms with Gasteiger partial charge in [-0.15, -0.1) is 0 Å². The predicted octanol–water partition coefficient (Wildman–Crippen LogP) is 3.34. The van der Waals surface area contributed by atoms with E-state index in [-0.39, 0.29) is 5.75 Å². The highest BCUT2D eigenvalue weighted by Gasteiger charge is 2.11. The summed E-state index contributed by atoms with van der Waals surface area (Å²) in [4.78, 5) is 12.3. The van der Waals surface area contributed by atoms with Crippen molar-refractivity contribution >= 4 is 11.6 Å². The maximum atomic E-state index is 12.3. The summed E-state index contributed by atoms with van der Waals surface area (Å²) >= 11 is 0. The van der Waals surface area contributed by atoms with Crippen molar-refractivity contribution in [2.24, 2.45) is 5.10 Å². The van der Waals surface area contributed by atoms with Gasteiger partial charge in [0.15, 0.2) is 0 Å². The number of carbonyl (C=O) groups excluding carboxylic acids is 1. The van der Waals surface area contributed by atoms with Gasteiger partial charge in [0.05, 0.1) is 18.0 Å². The fourth-order valence-electron chi connectivity index (χ4n) is 2.46. The maximum Gasteiger partial charge on any atom is 0.289 e. The molecule has 0 bridgehead atoms.